The molecule has 2 heterocycles. The third-order valence-electron chi connectivity index (χ3n) is 3.61. The molecule has 0 saturated carbocycles. The molecule has 0 radical (unpaired) electrons. The van der Waals surface area contributed by atoms with Crippen molar-refractivity contribution in [2.75, 3.05) is 31.1 Å². The molecule has 1 amide bonds. The summed E-state index contributed by atoms with van der Waals surface area (Å²) in [6.07, 6.45) is 1.43. The molecule has 1 aromatic carbocycles. The van der Waals surface area contributed by atoms with Gasteiger partial charge in [-0.25, -0.2) is 0 Å². The van der Waals surface area contributed by atoms with Crippen LogP contribution in [0.25, 0.3) is 0 Å². The molecule has 0 aliphatic carbocycles. The summed E-state index contributed by atoms with van der Waals surface area (Å²) < 4.78 is 4.97. The minimum Gasteiger partial charge on any atom is -0.452 e. The number of benzene rings is 1. The molecule has 21 heavy (non-hydrogen) atoms. The summed E-state index contributed by atoms with van der Waals surface area (Å²) in [4.78, 5) is 16.3. The van der Waals surface area contributed by atoms with Crippen LogP contribution >= 0.6 is 23.2 Å². The number of rotatable bonds is 2. The van der Waals surface area contributed by atoms with Gasteiger partial charge in [-0.2, -0.15) is 0 Å². The van der Waals surface area contributed by atoms with Gasteiger partial charge < -0.3 is 14.2 Å². The molecule has 1 aromatic heterocycles. The first-order valence-electron chi connectivity index (χ1n) is 6.68. The van der Waals surface area contributed by atoms with E-state index < -0.39 is 0 Å². The molecular weight excluding hydrogens is 311 g/mol. The Kier molecular flexibility index (Phi) is 4.08. The van der Waals surface area contributed by atoms with E-state index in [4.69, 9.17) is 27.6 Å². The average Bonchev–Trinajstić information content (AvgIpc) is 2.93. The molecule has 4 nitrogen and oxygen atoms in total. The SMILES string of the molecule is O=C(c1ccoc1Cl)N1CCN(c2ccccc2Cl)CC1. The van der Waals surface area contributed by atoms with Gasteiger partial charge in [0.2, 0.25) is 5.22 Å². The van der Waals surface area contributed by atoms with Crippen LogP contribution in [0.4, 0.5) is 5.69 Å². The van der Waals surface area contributed by atoms with E-state index in [0.29, 0.717) is 18.7 Å². The summed E-state index contributed by atoms with van der Waals surface area (Å²) >= 11 is 12.1. The van der Waals surface area contributed by atoms with Crippen LogP contribution in [0.1, 0.15) is 10.4 Å². The second-order valence-electron chi connectivity index (χ2n) is 4.84. The van der Waals surface area contributed by atoms with Crippen molar-refractivity contribution in [1.29, 1.82) is 0 Å². The summed E-state index contributed by atoms with van der Waals surface area (Å²) in [6.45, 7) is 2.74. The number of nitrogens with zero attached hydrogens (tertiary/aromatic N) is 2. The number of carbonyl (C=O) groups is 1. The van der Waals surface area contributed by atoms with Crippen LogP contribution in [0.15, 0.2) is 41.0 Å². The van der Waals surface area contributed by atoms with Gasteiger partial charge in [-0.05, 0) is 29.8 Å². The van der Waals surface area contributed by atoms with Crippen LogP contribution in [0.3, 0.4) is 0 Å². The van der Waals surface area contributed by atoms with Gasteiger partial charge in [0.05, 0.1) is 22.5 Å². The number of para-hydroxylation sites is 1. The number of anilines is 1. The van der Waals surface area contributed by atoms with Gasteiger partial charge in [-0.15, -0.1) is 0 Å². The Bertz CT molecular complexity index is 649. The van der Waals surface area contributed by atoms with Crippen molar-refractivity contribution in [3.05, 3.63) is 52.4 Å². The van der Waals surface area contributed by atoms with Crippen molar-refractivity contribution in [2.45, 2.75) is 0 Å². The average molecular weight is 325 g/mol. The molecule has 1 saturated heterocycles. The Hall–Kier alpha value is -1.65. The number of furan rings is 1. The van der Waals surface area contributed by atoms with E-state index in [0.717, 1.165) is 23.8 Å². The maximum Gasteiger partial charge on any atom is 0.258 e. The maximum absolute atomic E-state index is 12.3. The van der Waals surface area contributed by atoms with Crippen LogP contribution in [0.2, 0.25) is 10.2 Å². The van der Waals surface area contributed by atoms with Crippen molar-refractivity contribution in [3.8, 4) is 0 Å². The minimum absolute atomic E-state index is 0.0902. The number of hydrogen-bond acceptors (Lipinski definition) is 3. The smallest absolute Gasteiger partial charge is 0.258 e. The van der Waals surface area contributed by atoms with Crippen molar-refractivity contribution >= 4 is 34.8 Å². The zero-order valence-electron chi connectivity index (χ0n) is 11.3. The standard InChI is InChI=1S/C15H14Cl2N2O2/c16-12-3-1-2-4-13(12)18-6-8-19(9-7-18)15(20)11-5-10-21-14(11)17/h1-5,10H,6-9H2. The Morgan fingerprint density at radius 3 is 2.38 bits per heavy atom. The zero-order chi connectivity index (χ0) is 14.8. The van der Waals surface area contributed by atoms with Crippen LogP contribution in [0.5, 0.6) is 0 Å². The fraction of sp³-hybridized carbons (Fsp3) is 0.267. The Balaban J connectivity index is 1.67. The molecule has 2 aromatic rings. The third-order valence-corrected chi connectivity index (χ3v) is 4.22. The Morgan fingerprint density at radius 1 is 1.05 bits per heavy atom. The number of hydrogen-bond donors (Lipinski definition) is 0. The second-order valence-corrected chi connectivity index (χ2v) is 5.59. The molecule has 110 valence electrons. The molecule has 6 heteroatoms. The second kappa shape index (κ2) is 6.00. The molecule has 0 atom stereocenters. The summed E-state index contributed by atoms with van der Waals surface area (Å²) in [6, 6.07) is 9.34. The lowest BCUT2D eigenvalue weighted by Crippen LogP contribution is -2.48. The van der Waals surface area contributed by atoms with E-state index >= 15 is 0 Å². The number of carbonyl (C=O) groups excluding carboxylic acids is 1. The fourth-order valence-corrected chi connectivity index (χ4v) is 2.93. The first kappa shape index (κ1) is 14.3. The molecule has 1 aliphatic heterocycles. The van der Waals surface area contributed by atoms with Crippen molar-refractivity contribution in [1.82, 2.24) is 4.90 Å². The molecule has 0 N–H and O–H groups in total. The van der Waals surface area contributed by atoms with Crippen molar-refractivity contribution < 1.29 is 9.21 Å². The van der Waals surface area contributed by atoms with E-state index in [1.165, 1.54) is 6.26 Å². The Labute approximate surface area is 132 Å². The van der Waals surface area contributed by atoms with Gasteiger partial charge >= 0.3 is 0 Å². The van der Waals surface area contributed by atoms with Crippen LogP contribution in [-0.2, 0) is 0 Å². The highest BCUT2D eigenvalue weighted by atomic mass is 35.5. The van der Waals surface area contributed by atoms with E-state index in [9.17, 15) is 4.79 Å². The molecule has 0 spiro atoms. The van der Waals surface area contributed by atoms with Gasteiger partial charge in [0, 0.05) is 26.2 Å². The molecule has 0 bridgehead atoms. The largest absolute Gasteiger partial charge is 0.452 e. The highest BCUT2D eigenvalue weighted by Crippen LogP contribution is 2.26. The molecular formula is C15H14Cl2N2O2. The van der Waals surface area contributed by atoms with E-state index in [1.54, 1.807) is 11.0 Å². The van der Waals surface area contributed by atoms with Crippen LogP contribution in [0, 0.1) is 0 Å². The van der Waals surface area contributed by atoms with Crippen LogP contribution < -0.4 is 4.90 Å². The lowest BCUT2D eigenvalue weighted by Gasteiger charge is -2.36. The van der Waals surface area contributed by atoms with E-state index in [-0.39, 0.29) is 11.1 Å². The highest BCUT2D eigenvalue weighted by Gasteiger charge is 2.25. The van der Waals surface area contributed by atoms with Gasteiger partial charge in [0.15, 0.2) is 0 Å². The lowest BCUT2D eigenvalue weighted by atomic mass is 10.2. The van der Waals surface area contributed by atoms with Gasteiger partial charge in [-0.3, -0.25) is 4.79 Å². The monoisotopic (exact) mass is 324 g/mol. The summed E-state index contributed by atoms with van der Waals surface area (Å²) in [5.41, 5.74) is 1.43. The van der Waals surface area contributed by atoms with Gasteiger partial charge in [0.1, 0.15) is 0 Å². The normalized spacial score (nSPS) is 15.3. The first-order valence-corrected chi connectivity index (χ1v) is 7.44. The van der Waals surface area contributed by atoms with E-state index in [1.807, 2.05) is 24.3 Å². The van der Waals surface area contributed by atoms with Crippen LogP contribution in [-0.4, -0.2) is 37.0 Å². The Morgan fingerprint density at radius 2 is 1.76 bits per heavy atom. The quantitative estimate of drug-likeness (QED) is 0.847. The predicted octanol–water partition coefficient (Wildman–Crippen LogP) is 3.55. The maximum atomic E-state index is 12.3. The zero-order valence-corrected chi connectivity index (χ0v) is 12.8. The summed E-state index contributed by atoms with van der Waals surface area (Å²) in [5.74, 6) is -0.0902. The third kappa shape index (κ3) is 2.87. The molecule has 1 fully saturated rings. The van der Waals surface area contributed by atoms with Crippen molar-refractivity contribution in [3.63, 3.8) is 0 Å². The summed E-state index contributed by atoms with van der Waals surface area (Å²) in [7, 11) is 0. The molecule has 1 aliphatic rings. The predicted molar refractivity (Wildman–Crippen MR) is 83.3 cm³/mol. The topological polar surface area (TPSA) is 36.7 Å². The minimum atomic E-state index is -0.0902. The van der Waals surface area contributed by atoms with Crippen molar-refractivity contribution in [2.24, 2.45) is 0 Å². The molecule has 0 unspecified atom stereocenters. The summed E-state index contributed by atoms with van der Waals surface area (Å²) in [5, 5.41) is 0.878. The van der Waals surface area contributed by atoms with Gasteiger partial charge in [0.25, 0.3) is 5.91 Å². The van der Waals surface area contributed by atoms with Gasteiger partial charge in [-0.1, -0.05) is 23.7 Å². The highest BCUT2D eigenvalue weighted by molar-refractivity contribution is 6.33. The lowest BCUT2D eigenvalue weighted by molar-refractivity contribution is 0.0746. The number of piperazine rings is 1. The molecule has 3 rings (SSSR count). The van der Waals surface area contributed by atoms with E-state index in [2.05, 4.69) is 4.90 Å². The first-order chi connectivity index (χ1) is 10.2. The number of amides is 1. The fourth-order valence-electron chi connectivity index (χ4n) is 2.48. The number of halogens is 2.